The van der Waals surface area contributed by atoms with Crippen LogP contribution in [-0.4, -0.2) is 33.6 Å². The molecule has 0 aliphatic rings. The summed E-state index contributed by atoms with van der Waals surface area (Å²) in [4.78, 5) is 12.9. The summed E-state index contributed by atoms with van der Waals surface area (Å²) in [6.07, 6.45) is 8.25. The molecule has 3 rings (SSSR count). The molecule has 2 heterocycles. The second-order valence-electron chi connectivity index (χ2n) is 6.41. The van der Waals surface area contributed by atoms with Crippen LogP contribution in [0.15, 0.2) is 66.3 Å². The van der Waals surface area contributed by atoms with Gasteiger partial charge in [0.05, 0.1) is 12.9 Å². The maximum Gasteiger partial charge on any atom is 0.191 e. The van der Waals surface area contributed by atoms with Crippen molar-refractivity contribution in [3.63, 3.8) is 0 Å². The first-order chi connectivity index (χ1) is 13.7. The predicted molar refractivity (Wildman–Crippen MR) is 129 cm³/mol. The number of pyridine rings is 1. The molecule has 0 aliphatic heterocycles. The number of guanidine groups is 1. The van der Waals surface area contributed by atoms with Gasteiger partial charge >= 0.3 is 0 Å². The SMILES string of the molecule is CCNC(=NCc1ccc(Cn2ccnc2)cc1)NCCc1ccc(Cl)nc1.I. The molecule has 154 valence electrons. The van der Waals surface area contributed by atoms with E-state index in [4.69, 9.17) is 11.6 Å². The molecule has 0 saturated carbocycles. The van der Waals surface area contributed by atoms with Gasteiger partial charge in [-0.25, -0.2) is 15.0 Å². The molecule has 8 heteroatoms. The number of imidazole rings is 1. The Morgan fingerprint density at radius 1 is 1.07 bits per heavy atom. The van der Waals surface area contributed by atoms with E-state index >= 15 is 0 Å². The third-order valence-corrected chi connectivity index (χ3v) is 4.43. The number of nitrogens with one attached hydrogen (secondary N) is 2. The molecule has 0 fully saturated rings. The van der Waals surface area contributed by atoms with Gasteiger partial charge in [-0.1, -0.05) is 41.9 Å². The quantitative estimate of drug-likeness (QED) is 0.203. The van der Waals surface area contributed by atoms with Crippen molar-refractivity contribution in [2.24, 2.45) is 4.99 Å². The topological polar surface area (TPSA) is 67.1 Å². The van der Waals surface area contributed by atoms with E-state index in [9.17, 15) is 0 Å². The lowest BCUT2D eigenvalue weighted by molar-refractivity contribution is 0.793. The smallest absolute Gasteiger partial charge is 0.191 e. The fourth-order valence-corrected chi connectivity index (χ4v) is 2.84. The molecule has 1 aromatic carbocycles. The number of aliphatic imine (C=N–C) groups is 1. The predicted octanol–water partition coefficient (Wildman–Crippen LogP) is 3.90. The molecule has 2 N–H and O–H groups in total. The van der Waals surface area contributed by atoms with Crippen LogP contribution in [0.3, 0.4) is 0 Å². The zero-order chi connectivity index (χ0) is 19.6. The van der Waals surface area contributed by atoms with E-state index in [-0.39, 0.29) is 24.0 Å². The number of halogens is 2. The van der Waals surface area contributed by atoms with Gasteiger partial charge in [-0.3, -0.25) is 0 Å². The van der Waals surface area contributed by atoms with E-state index in [1.807, 2.05) is 24.7 Å². The Balaban J connectivity index is 0.00000300. The van der Waals surface area contributed by atoms with E-state index in [0.29, 0.717) is 11.7 Å². The molecular formula is C21H26ClIN6. The van der Waals surface area contributed by atoms with Crippen LogP contribution in [0.5, 0.6) is 0 Å². The summed E-state index contributed by atoms with van der Waals surface area (Å²) in [5, 5.41) is 7.16. The Bertz CT molecular complexity index is 863. The Hall–Kier alpha value is -2.13. The van der Waals surface area contributed by atoms with E-state index in [2.05, 4.69) is 61.4 Å². The third-order valence-electron chi connectivity index (χ3n) is 4.21. The minimum Gasteiger partial charge on any atom is -0.357 e. The van der Waals surface area contributed by atoms with Crippen LogP contribution in [0.2, 0.25) is 5.15 Å². The first-order valence-corrected chi connectivity index (χ1v) is 9.77. The van der Waals surface area contributed by atoms with Gasteiger partial charge < -0.3 is 15.2 Å². The summed E-state index contributed by atoms with van der Waals surface area (Å²) < 4.78 is 2.05. The van der Waals surface area contributed by atoms with Gasteiger partial charge in [0.25, 0.3) is 0 Å². The number of nitrogens with zero attached hydrogens (tertiary/aromatic N) is 4. The lowest BCUT2D eigenvalue weighted by Gasteiger charge is -2.11. The summed E-state index contributed by atoms with van der Waals surface area (Å²) in [6.45, 7) is 5.11. The van der Waals surface area contributed by atoms with Crippen molar-refractivity contribution in [1.29, 1.82) is 0 Å². The summed E-state index contributed by atoms with van der Waals surface area (Å²) in [7, 11) is 0. The second kappa shape index (κ2) is 12.4. The monoisotopic (exact) mass is 524 g/mol. The van der Waals surface area contributed by atoms with Crippen molar-refractivity contribution >= 4 is 41.5 Å². The largest absolute Gasteiger partial charge is 0.357 e. The van der Waals surface area contributed by atoms with Gasteiger partial charge in [0, 0.05) is 38.2 Å². The lowest BCUT2D eigenvalue weighted by atomic mass is 10.1. The van der Waals surface area contributed by atoms with Crippen LogP contribution < -0.4 is 10.6 Å². The molecule has 29 heavy (non-hydrogen) atoms. The molecular weight excluding hydrogens is 499 g/mol. The summed E-state index contributed by atoms with van der Waals surface area (Å²) in [5.74, 6) is 0.812. The Morgan fingerprint density at radius 2 is 1.83 bits per heavy atom. The summed E-state index contributed by atoms with van der Waals surface area (Å²) >= 11 is 5.82. The molecule has 0 radical (unpaired) electrons. The van der Waals surface area contributed by atoms with E-state index in [1.54, 1.807) is 12.4 Å². The maximum atomic E-state index is 5.82. The van der Waals surface area contributed by atoms with Gasteiger partial charge in [0.1, 0.15) is 5.15 Å². The van der Waals surface area contributed by atoms with Gasteiger partial charge in [-0.2, -0.15) is 0 Å². The van der Waals surface area contributed by atoms with E-state index in [1.165, 1.54) is 11.1 Å². The number of hydrogen-bond donors (Lipinski definition) is 2. The van der Waals surface area contributed by atoms with Gasteiger partial charge in [0.2, 0.25) is 0 Å². The van der Waals surface area contributed by atoms with Crippen LogP contribution in [0.25, 0.3) is 0 Å². The average molecular weight is 525 g/mol. The first kappa shape index (κ1) is 23.2. The molecule has 6 nitrogen and oxygen atoms in total. The maximum absolute atomic E-state index is 5.82. The number of rotatable bonds is 8. The summed E-state index contributed by atoms with van der Waals surface area (Å²) in [6, 6.07) is 12.3. The highest BCUT2D eigenvalue weighted by molar-refractivity contribution is 14.0. The Morgan fingerprint density at radius 3 is 2.48 bits per heavy atom. The molecule has 2 aromatic heterocycles. The number of aromatic nitrogens is 3. The minimum atomic E-state index is 0. The van der Waals surface area contributed by atoms with Crippen molar-refractivity contribution in [2.45, 2.75) is 26.4 Å². The standard InChI is InChI=1S/C21H25ClN6.HI/c1-2-24-21(25-10-9-18-7-8-20(22)26-13-18)27-14-17-3-5-19(6-4-17)15-28-12-11-23-16-28;/h3-8,11-13,16H,2,9-10,14-15H2,1H3,(H2,24,25,27);1H. The fourth-order valence-electron chi connectivity index (χ4n) is 2.73. The average Bonchev–Trinajstić information content (AvgIpc) is 3.22. The van der Waals surface area contributed by atoms with Crippen molar-refractivity contribution in [3.05, 3.63) is 83.2 Å². The van der Waals surface area contributed by atoms with Crippen LogP contribution in [-0.2, 0) is 19.5 Å². The highest BCUT2D eigenvalue weighted by Gasteiger charge is 2.00. The zero-order valence-corrected chi connectivity index (χ0v) is 19.5. The highest BCUT2D eigenvalue weighted by Crippen LogP contribution is 2.08. The first-order valence-electron chi connectivity index (χ1n) is 9.39. The van der Waals surface area contributed by atoms with Crippen molar-refractivity contribution in [1.82, 2.24) is 25.2 Å². The molecule has 0 aliphatic carbocycles. The molecule has 3 aromatic rings. The molecule has 0 saturated heterocycles. The molecule has 0 unspecified atom stereocenters. The van der Waals surface area contributed by atoms with Crippen molar-refractivity contribution in [3.8, 4) is 0 Å². The highest BCUT2D eigenvalue weighted by atomic mass is 127. The number of benzene rings is 1. The molecule has 0 spiro atoms. The van der Waals surface area contributed by atoms with Gasteiger partial charge in [0.15, 0.2) is 5.96 Å². The van der Waals surface area contributed by atoms with Crippen LogP contribution in [0, 0.1) is 0 Å². The molecule has 0 amide bonds. The van der Waals surface area contributed by atoms with Crippen LogP contribution >= 0.6 is 35.6 Å². The fraction of sp³-hybridized carbons (Fsp3) is 0.286. The molecule has 0 atom stereocenters. The van der Waals surface area contributed by atoms with Gasteiger partial charge in [-0.05, 0) is 36.1 Å². The van der Waals surface area contributed by atoms with Crippen molar-refractivity contribution in [2.75, 3.05) is 13.1 Å². The zero-order valence-electron chi connectivity index (χ0n) is 16.4. The van der Waals surface area contributed by atoms with Crippen LogP contribution in [0.1, 0.15) is 23.6 Å². The normalized spacial score (nSPS) is 11.0. The van der Waals surface area contributed by atoms with E-state index in [0.717, 1.165) is 37.6 Å². The summed E-state index contributed by atoms with van der Waals surface area (Å²) in [5.41, 5.74) is 3.56. The Labute approximate surface area is 193 Å². The second-order valence-corrected chi connectivity index (χ2v) is 6.80. The van der Waals surface area contributed by atoms with Gasteiger partial charge in [-0.15, -0.1) is 24.0 Å². The minimum absolute atomic E-state index is 0. The van der Waals surface area contributed by atoms with E-state index < -0.39 is 0 Å². The Kier molecular flexibility index (Phi) is 9.93. The van der Waals surface area contributed by atoms with Crippen LogP contribution in [0.4, 0.5) is 0 Å². The van der Waals surface area contributed by atoms with Crippen molar-refractivity contribution < 1.29 is 0 Å². The molecule has 0 bridgehead atoms. The number of hydrogen-bond acceptors (Lipinski definition) is 3. The third kappa shape index (κ3) is 8.02. The lowest BCUT2D eigenvalue weighted by Crippen LogP contribution is -2.38.